The Labute approximate surface area is 368 Å². The Kier molecular flexibility index (Phi) is 8.55. The lowest BCUT2D eigenvalue weighted by Gasteiger charge is -2.29. The summed E-state index contributed by atoms with van der Waals surface area (Å²) in [5, 5.41) is 5.04. The van der Waals surface area contributed by atoms with Crippen LogP contribution >= 0.6 is 0 Å². The molecule has 12 rings (SSSR count). The van der Waals surface area contributed by atoms with E-state index in [0.717, 1.165) is 17.1 Å². The summed E-state index contributed by atoms with van der Waals surface area (Å²) >= 11 is 0. The van der Waals surface area contributed by atoms with E-state index in [9.17, 15) is 0 Å². The Balaban J connectivity index is 1.01. The molecule has 0 atom stereocenters. The van der Waals surface area contributed by atoms with Gasteiger partial charge in [-0.15, -0.1) is 0 Å². The van der Waals surface area contributed by atoms with Crippen LogP contribution in [0.15, 0.2) is 231 Å². The number of benzene rings is 10. The van der Waals surface area contributed by atoms with Crippen LogP contribution in [0, 0.1) is 0 Å². The van der Waals surface area contributed by atoms with Crippen LogP contribution in [-0.4, -0.2) is 4.57 Å². The zero-order valence-corrected chi connectivity index (χ0v) is 35.3. The summed E-state index contributed by atoms with van der Waals surface area (Å²) in [4.78, 5) is 2.45. The van der Waals surface area contributed by atoms with Gasteiger partial charge in [-0.25, -0.2) is 0 Å². The van der Waals surface area contributed by atoms with E-state index in [2.05, 4.69) is 254 Å². The first-order chi connectivity index (χ1) is 31.0. The van der Waals surface area contributed by atoms with Crippen LogP contribution in [-0.2, 0) is 5.41 Å². The normalized spacial score (nSPS) is 12.7. The summed E-state index contributed by atoms with van der Waals surface area (Å²) in [7, 11) is 0. The number of fused-ring (bicyclic) bond motifs is 7. The summed E-state index contributed by atoms with van der Waals surface area (Å²) in [6.45, 7) is 4.79. The van der Waals surface area contributed by atoms with E-state index >= 15 is 0 Å². The minimum atomic E-state index is -0.248. The fourth-order valence-electron chi connectivity index (χ4n) is 10.3. The fourth-order valence-corrected chi connectivity index (χ4v) is 10.3. The van der Waals surface area contributed by atoms with Crippen LogP contribution in [0.2, 0.25) is 0 Å². The van der Waals surface area contributed by atoms with E-state index in [1.165, 1.54) is 93.9 Å². The van der Waals surface area contributed by atoms with Gasteiger partial charge in [0.15, 0.2) is 0 Å². The molecule has 1 aromatic heterocycles. The molecule has 0 N–H and O–H groups in total. The van der Waals surface area contributed by atoms with Crippen molar-refractivity contribution in [1.29, 1.82) is 0 Å². The van der Waals surface area contributed by atoms with E-state index in [1.807, 2.05) is 0 Å². The van der Waals surface area contributed by atoms with Gasteiger partial charge in [0, 0.05) is 38.9 Å². The third-order valence-corrected chi connectivity index (χ3v) is 13.4. The first-order valence-corrected chi connectivity index (χ1v) is 21.9. The lowest BCUT2D eigenvalue weighted by atomic mass is 9.82. The van der Waals surface area contributed by atoms with Crippen LogP contribution in [0.3, 0.4) is 0 Å². The van der Waals surface area contributed by atoms with Gasteiger partial charge in [0.25, 0.3) is 0 Å². The Bertz CT molecular complexity index is 3490. The molecule has 1 aliphatic rings. The number of hydrogen-bond donors (Lipinski definition) is 0. The molecule has 0 spiro atoms. The highest BCUT2D eigenvalue weighted by molar-refractivity contribution is 6.09. The standard InChI is InChI=1S/C61H44N2/c1-61(2)57-39-47(33-35-53(57)54-36-34-48(40-58(54)61)63-59-31-12-10-28-55(59)56-29-11-13-32-60(56)63)62(46-24-15-22-44(38-46)52-30-16-20-42-19-6-7-25-50(42)52)45-23-14-21-43(37-45)51-27-9-8-26-49(51)41-17-4-3-5-18-41/h3-40H,1-2H3. The summed E-state index contributed by atoms with van der Waals surface area (Å²) in [5.74, 6) is 0. The number of nitrogens with zero attached hydrogens (tertiary/aromatic N) is 2. The Morgan fingerprint density at radius 2 is 0.810 bits per heavy atom. The largest absolute Gasteiger partial charge is 0.310 e. The van der Waals surface area contributed by atoms with E-state index < -0.39 is 0 Å². The minimum Gasteiger partial charge on any atom is -0.310 e. The van der Waals surface area contributed by atoms with Gasteiger partial charge in [0.1, 0.15) is 0 Å². The van der Waals surface area contributed by atoms with Gasteiger partial charge in [0.2, 0.25) is 0 Å². The van der Waals surface area contributed by atoms with Crippen molar-refractivity contribution in [3.63, 3.8) is 0 Å². The molecular formula is C61H44N2. The maximum absolute atomic E-state index is 2.45. The molecule has 0 amide bonds. The van der Waals surface area contributed by atoms with Crippen molar-refractivity contribution in [3.05, 3.63) is 242 Å². The van der Waals surface area contributed by atoms with Crippen molar-refractivity contribution in [2.24, 2.45) is 0 Å². The highest BCUT2D eigenvalue weighted by Gasteiger charge is 2.36. The van der Waals surface area contributed by atoms with E-state index in [0.29, 0.717) is 0 Å². The summed E-state index contributed by atoms with van der Waals surface area (Å²) in [6.07, 6.45) is 0. The summed E-state index contributed by atoms with van der Waals surface area (Å²) in [6, 6.07) is 84.7. The molecule has 0 saturated heterocycles. The molecular weight excluding hydrogens is 761 g/mol. The number of para-hydroxylation sites is 2. The maximum Gasteiger partial charge on any atom is 0.0541 e. The van der Waals surface area contributed by atoms with Gasteiger partial charge in [-0.2, -0.15) is 0 Å². The summed E-state index contributed by atoms with van der Waals surface area (Å²) in [5.41, 5.74) is 19.2. The monoisotopic (exact) mass is 804 g/mol. The average molecular weight is 805 g/mol. The second-order valence-electron chi connectivity index (χ2n) is 17.3. The third kappa shape index (κ3) is 6.02. The zero-order valence-electron chi connectivity index (χ0n) is 35.3. The van der Waals surface area contributed by atoms with Crippen LogP contribution in [0.25, 0.3) is 82.8 Å². The minimum absolute atomic E-state index is 0.248. The van der Waals surface area contributed by atoms with Crippen LogP contribution in [0.4, 0.5) is 17.1 Å². The molecule has 0 unspecified atom stereocenters. The van der Waals surface area contributed by atoms with Crippen molar-refractivity contribution in [2.75, 3.05) is 4.90 Å². The highest BCUT2D eigenvalue weighted by Crippen LogP contribution is 2.52. The second-order valence-corrected chi connectivity index (χ2v) is 17.3. The summed E-state index contributed by atoms with van der Waals surface area (Å²) < 4.78 is 2.43. The number of aromatic nitrogens is 1. The van der Waals surface area contributed by atoms with E-state index in [-0.39, 0.29) is 5.41 Å². The van der Waals surface area contributed by atoms with Crippen molar-refractivity contribution in [2.45, 2.75) is 19.3 Å². The van der Waals surface area contributed by atoms with Gasteiger partial charge >= 0.3 is 0 Å². The van der Waals surface area contributed by atoms with E-state index in [1.54, 1.807) is 0 Å². The topological polar surface area (TPSA) is 8.17 Å². The lowest BCUT2D eigenvalue weighted by molar-refractivity contribution is 0.660. The van der Waals surface area contributed by atoms with Crippen LogP contribution in [0.1, 0.15) is 25.0 Å². The number of rotatable bonds is 7. The molecule has 298 valence electrons. The lowest BCUT2D eigenvalue weighted by Crippen LogP contribution is -2.17. The van der Waals surface area contributed by atoms with Crippen molar-refractivity contribution >= 4 is 49.6 Å². The number of anilines is 3. The van der Waals surface area contributed by atoms with Gasteiger partial charge in [-0.05, 0) is 127 Å². The third-order valence-electron chi connectivity index (χ3n) is 13.4. The Morgan fingerprint density at radius 1 is 0.333 bits per heavy atom. The zero-order chi connectivity index (χ0) is 42.1. The predicted molar refractivity (Wildman–Crippen MR) is 267 cm³/mol. The molecule has 2 heteroatoms. The van der Waals surface area contributed by atoms with Crippen LogP contribution in [0.5, 0.6) is 0 Å². The first-order valence-electron chi connectivity index (χ1n) is 21.9. The average Bonchev–Trinajstić information content (AvgIpc) is 3.79. The highest BCUT2D eigenvalue weighted by atomic mass is 15.1. The smallest absolute Gasteiger partial charge is 0.0541 e. The fraction of sp³-hybridized carbons (Fsp3) is 0.0492. The van der Waals surface area contributed by atoms with Crippen molar-refractivity contribution in [3.8, 4) is 50.2 Å². The molecule has 0 aliphatic heterocycles. The maximum atomic E-state index is 2.45. The first kappa shape index (κ1) is 36.9. The van der Waals surface area contributed by atoms with Gasteiger partial charge in [0.05, 0.1) is 11.0 Å². The van der Waals surface area contributed by atoms with Crippen LogP contribution < -0.4 is 4.90 Å². The molecule has 0 saturated carbocycles. The second kappa shape index (κ2) is 14.6. The molecule has 0 radical (unpaired) electrons. The quantitative estimate of drug-likeness (QED) is 0.156. The molecule has 63 heavy (non-hydrogen) atoms. The Morgan fingerprint density at radius 3 is 1.51 bits per heavy atom. The Hall–Kier alpha value is -7.94. The number of hydrogen-bond acceptors (Lipinski definition) is 1. The van der Waals surface area contributed by atoms with E-state index in [4.69, 9.17) is 0 Å². The molecule has 1 aliphatic carbocycles. The molecule has 0 fully saturated rings. The van der Waals surface area contributed by atoms with Crippen molar-refractivity contribution in [1.82, 2.24) is 4.57 Å². The molecule has 1 heterocycles. The SMILES string of the molecule is CC1(C)c2cc(N(c3cccc(-c4ccccc4-c4ccccc4)c3)c3cccc(-c4cccc5ccccc45)c3)ccc2-c2ccc(-n3c4ccccc4c4ccccc43)cc21. The van der Waals surface area contributed by atoms with Gasteiger partial charge < -0.3 is 9.47 Å². The molecule has 10 aromatic carbocycles. The predicted octanol–water partition coefficient (Wildman–Crippen LogP) is 16.7. The molecule has 11 aromatic rings. The molecule has 2 nitrogen and oxygen atoms in total. The van der Waals surface area contributed by atoms with Crippen molar-refractivity contribution < 1.29 is 0 Å². The molecule has 0 bridgehead atoms. The van der Waals surface area contributed by atoms with Gasteiger partial charge in [-0.3, -0.25) is 0 Å². The van der Waals surface area contributed by atoms with Gasteiger partial charge in [-0.1, -0.05) is 184 Å².